The van der Waals surface area contributed by atoms with Crippen LogP contribution in [0.4, 0.5) is 11.4 Å². The van der Waals surface area contributed by atoms with E-state index in [1.807, 2.05) is 73.7 Å². The van der Waals surface area contributed by atoms with Gasteiger partial charge in [0.1, 0.15) is 5.75 Å². The molecule has 2 heterocycles. The van der Waals surface area contributed by atoms with Gasteiger partial charge in [-0.1, -0.05) is 61.2 Å². The van der Waals surface area contributed by atoms with Gasteiger partial charge in [0.2, 0.25) is 5.91 Å². The van der Waals surface area contributed by atoms with Gasteiger partial charge in [0.05, 0.1) is 35.5 Å². The lowest BCUT2D eigenvalue weighted by atomic mass is 10.1. The molecule has 0 aliphatic carbocycles. The highest BCUT2D eigenvalue weighted by molar-refractivity contribution is 8.00. The number of amides is 1. The Labute approximate surface area is 233 Å². The number of nitrogens with one attached hydrogen (secondary N) is 1. The number of rotatable bonds is 9. The molecule has 1 atom stereocenters. The maximum absolute atomic E-state index is 14.0. The quantitative estimate of drug-likeness (QED) is 0.208. The zero-order chi connectivity index (χ0) is 27.2. The van der Waals surface area contributed by atoms with Crippen LogP contribution in [0, 0.1) is 0 Å². The van der Waals surface area contributed by atoms with E-state index in [-0.39, 0.29) is 11.5 Å². The molecule has 202 valence electrons. The summed E-state index contributed by atoms with van der Waals surface area (Å²) in [5.74, 6) is 0.438. The molecule has 7 nitrogen and oxygen atoms in total. The van der Waals surface area contributed by atoms with Gasteiger partial charge in [0.15, 0.2) is 5.16 Å². The molecular formula is C31H34N4O3S. The summed E-state index contributed by atoms with van der Waals surface area (Å²) in [6.07, 6.45) is 4.15. The first kappa shape index (κ1) is 26.8. The molecule has 1 N–H and O–H groups in total. The molecule has 1 fully saturated rings. The molecule has 1 amide bonds. The average Bonchev–Trinajstić information content (AvgIpc) is 2.98. The van der Waals surface area contributed by atoms with E-state index in [1.54, 1.807) is 11.7 Å². The number of thioether (sulfide) groups is 1. The number of nitrogens with zero attached hydrogens (tertiary/aromatic N) is 3. The number of benzene rings is 3. The summed E-state index contributed by atoms with van der Waals surface area (Å²) < 4.78 is 7.11. The van der Waals surface area contributed by atoms with Gasteiger partial charge < -0.3 is 15.0 Å². The number of anilines is 2. The number of hydrogen-bond acceptors (Lipinski definition) is 6. The van der Waals surface area contributed by atoms with E-state index in [9.17, 15) is 9.59 Å². The number of methoxy groups -OCH3 is 1. The van der Waals surface area contributed by atoms with Gasteiger partial charge in [-0.3, -0.25) is 14.2 Å². The van der Waals surface area contributed by atoms with Crippen LogP contribution < -0.4 is 20.5 Å². The number of hydrogen-bond donors (Lipinski definition) is 1. The van der Waals surface area contributed by atoms with Gasteiger partial charge in [-0.2, -0.15) is 0 Å². The van der Waals surface area contributed by atoms with Crippen molar-refractivity contribution in [2.75, 3.05) is 30.4 Å². The second kappa shape index (κ2) is 12.4. The minimum Gasteiger partial charge on any atom is -0.495 e. The Kier molecular flexibility index (Phi) is 8.51. The van der Waals surface area contributed by atoms with Crippen molar-refractivity contribution in [3.8, 4) is 5.75 Å². The van der Waals surface area contributed by atoms with E-state index in [4.69, 9.17) is 9.72 Å². The molecule has 1 unspecified atom stereocenters. The van der Waals surface area contributed by atoms with Gasteiger partial charge in [-0.05, 0) is 61.6 Å². The van der Waals surface area contributed by atoms with Gasteiger partial charge >= 0.3 is 0 Å². The second-order valence-corrected chi connectivity index (χ2v) is 10.9. The van der Waals surface area contributed by atoms with Crippen molar-refractivity contribution in [1.82, 2.24) is 9.55 Å². The highest BCUT2D eigenvalue weighted by atomic mass is 32.2. The van der Waals surface area contributed by atoms with Crippen LogP contribution in [0.3, 0.4) is 0 Å². The Hall–Kier alpha value is -3.78. The number of para-hydroxylation sites is 2. The molecule has 0 spiro atoms. The number of carbonyl (C=O) groups is 1. The summed E-state index contributed by atoms with van der Waals surface area (Å²) in [7, 11) is 1.58. The predicted octanol–water partition coefficient (Wildman–Crippen LogP) is 5.95. The van der Waals surface area contributed by atoms with E-state index >= 15 is 0 Å². The maximum atomic E-state index is 14.0. The molecule has 0 radical (unpaired) electrons. The maximum Gasteiger partial charge on any atom is 0.262 e. The normalized spacial score (nSPS) is 14.3. The molecule has 0 saturated carbocycles. The number of carbonyl (C=O) groups excluding carboxylic acids is 1. The lowest BCUT2D eigenvalue weighted by Gasteiger charge is -2.29. The molecule has 1 aliphatic heterocycles. The monoisotopic (exact) mass is 542 g/mol. The number of fused-ring (bicyclic) bond motifs is 1. The Balaban J connectivity index is 1.51. The minimum absolute atomic E-state index is 0.0924. The highest BCUT2D eigenvalue weighted by Gasteiger charge is 2.23. The topological polar surface area (TPSA) is 76.5 Å². The lowest BCUT2D eigenvalue weighted by Crippen LogP contribution is -2.30. The van der Waals surface area contributed by atoms with E-state index in [2.05, 4.69) is 16.3 Å². The lowest BCUT2D eigenvalue weighted by molar-refractivity contribution is -0.115. The van der Waals surface area contributed by atoms with Gasteiger partial charge in [0.25, 0.3) is 5.56 Å². The van der Waals surface area contributed by atoms with Crippen molar-refractivity contribution < 1.29 is 9.53 Å². The molecule has 39 heavy (non-hydrogen) atoms. The Morgan fingerprint density at radius 2 is 1.77 bits per heavy atom. The third-order valence-electron chi connectivity index (χ3n) is 7.08. The van der Waals surface area contributed by atoms with Crippen molar-refractivity contribution in [2.24, 2.45) is 0 Å². The van der Waals surface area contributed by atoms with Gasteiger partial charge in [-0.25, -0.2) is 4.98 Å². The van der Waals surface area contributed by atoms with Crippen molar-refractivity contribution in [3.63, 3.8) is 0 Å². The fraction of sp³-hybridized carbons (Fsp3) is 0.323. The molecular weight excluding hydrogens is 508 g/mol. The van der Waals surface area contributed by atoms with E-state index < -0.39 is 5.25 Å². The van der Waals surface area contributed by atoms with Crippen LogP contribution in [0.25, 0.3) is 10.9 Å². The molecule has 5 rings (SSSR count). The number of aromatic nitrogens is 2. The van der Waals surface area contributed by atoms with Crippen LogP contribution in [0.1, 0.15) is 38.2 Å². The fourth-order valence-corrected chi connectivity index (χ4v) is 5.96. The smallest absolute Gasteiger partial charge is 0.262 e. The van der Waals surface area contributed by atoms with E-state index in [0.717, 1.165) is 24.3 Å². The predicted molar refractivity (Wildman–Crippen MR) is 159 cm³/mol. The summed E-state index contributed by atoms with van der Waals surface area (Å²) in [6.45, 7) is 4.35. The summed E-state index contributed by atoms with van der Waals surface area (Å²) >= 11 is 1.33. The summed E-state index contributed by atoms with van der Waals surface area (Å²) in [5.41, 5.74) is 3.23. The summed E-state index contributed by atoms with van der Waals surface area (Å²) in [4.78, 5) is 34.6. The van der Waals surface area contributed by atoms with Crippen LogP contribution in [0.5, 0.6) is 5.75 Å². The van der Waals surface area contributed by atoms with Crippen LogP contribution in [-0.2, 0) is 11.3 Å². The largest absolute Gasteiger partial charge is 0.495 e. The molecule has 3 aromatic carbocycles. The second-order valence-electron chi connectivity index (χ2n) is 9.72. The third-order valence-corrected chi connectivity index (χ3v) is 8.44. The highest BCUT2D eigenvalue weighted by Crippen LogP contribution is 2.30. The minimum atomic E-state index is -0.450. The molecule has 1 aromatic heterocycles. The molecule has 1 aliphatic rings. The van der Waals surface area contributed by atoms with E-state index in [1.165, 1.54) is 31.0 Å². The number of piperidine rings is 1. The first-order valence-corrected chi connectivity index (χ1v) is 14.4. The summed E-state index contributed by atoms with van der Waals surface area (Å²) in [5, 5.41) is 3.68. The van der Waals surface area contributed by atoms with Gasteiger partial charge in [0, 0.05) is 18.8 Å². The summed E-state index contributed by atoms with van der Waals surface area (Å²) in [6, 6.07) is 23.2. The van der Waals surface area contributed by atoms with Gasteiger partial charge in [-0.15, -0.1) is 0 Å². The van der Waals surface area contributed by atoms with Crippen molar-refractivity contribution in [3.05, 3.63) is 88.7 Å². The Bertz CT molecular complexity index is 1500. The molecule has 0 bridgehead atoms. The molecule has 4 aromatic rings. The Morgan fingerprint density at radius 3 is 2.51 bits per heavy atom. The van der Waals surface area contributed by atoms with Crippen molar-refractivity contribution >= 4 is 39.9 Å². The first-order valence-electron chi connectivity index (χ1n) is 13.5. The van der Waals surface area contributed by atoms with Crippen molar-refractivity contribution in [2.45, 2.75) is 49.6 Å². The van der Waals surface area contributed by atoms with E-state index in [0.29, 0.717) is 40.5 Å². The first-order chi connectivity index (χ1) is 19.1. The Morgan fingerprint density at radius 1 is 1.03 bits per heavy atom. The SMILES string of the molecule is CCC(Sc1nc2ccc(N3CCCCC3)cc2c(=O)n1Cc1ccccc1)C(=O)Nc1ccccc1OC. The van der Waals surface area contributed by atoms with Crippen LogP contribution in [-0.4, -0.2) is 40.9 Å². The van der Waals surface area contributed by atoms with Crippen LogP contribution in [0.2, 0.25) is 0 Å². The molecule has 1 saturated heterocycles. The average molecular weight is 543 g/mol. The van der Waals surface area contributed by atoms with Crippen LogP contribution in [0.15, 0.2) is 82.7 Å². The molecule has 8 heteroatoms. The van der Waals surface area contributed by atoms with Crippen LogP contribution >= 0.6 is 11.8 Å². The van der Waals surface area contributed by atoms with Crippen molar-refractivity contribution in [1.29, 1.82) is 0 Å². The fourth-order valence-electron chi connectivity index (χ4n) is 4.94. The zero-order valence-corrected chi connectivity index (χ0v) is 23.2. The zero-order valence-electron chi connectivity index (χ0n) is 22.4. The standard InChI is InChI=1S/C31H34N4O3S/c1-3-28(29(36)32-26-14-8-9-15-27(26)38-2)39-31-33-25-17-16-23(34-18-10-5-11-19-34)20-24(25)30(37)35(31)21-22-12-6-4-7-13-22/h4,6-9,12-17,20,28H,3,5,10-11,18-19,21H2,1-2H3,(H,32,36). The number of ether oxygens (including phenoxy) is 1. The third kappa shape index (κ3) is 6.11.